The number of carbonyl (C=O) groups excluding carboxylic acids is 1. The maximum absolute atomic E-state index is 11.5. The van der Waals surface area contributed by atoms with Crippen LogP contribution in [0.2, 0.25) is 0 Å². The highest BCUT2D eigenvalue weighted by atomic mass is 32.2. The first-order valence-electron chi connectivity index (χ1n) is 5.05. The number of carbonyl (C=O) groups is 1. The monoisotopic (exact) mass is 236 g/mol. The van der Waals surface area contributed by atoms with Crippen LogP contribution < -0.4 is 0 Å². The van der Waals surface area contributed by atoms with Crippen molar-refractivity contribution in [1.82, 2.24) is 0 Å². The van der Waals surface area contributed by atoms with E-state index in [1.54, 1.807) is 0 Å². The summed E-state index contributed by atoms with van der Waals surface area (Å²) >= 11 is 0. The fourth-order valence-corrected chi connectivity index (χ4v) is 3.08. The number of rotatable bonds is 2. The van der Waals surface area contributed by atoms with E-state index in [0.717, 1.165) is 11.0 Å². The van der Waals surface area contributed by atoms with E-state index >= 15 is 0 Å². The normalized spacial score (nSPS) is 23.2. The summed E-state index contributed by atoms with van der Waals surface area (Å²) in [5.41, 5.74) is 0.992. The van der Waals surface area contributed by atoms with Crippen molar-refractivity contribution >= 4 is 15.6 Å². The van der Waals surface area contributed by atoms with Gasteiger partial charge in [0.05, 0.1) is 5.75 Å². The molecule has 0 spiro atoms. The Kier molecular flexibility index (Phi) is 2.92. The maximum atomic E-state index is 11.5. The molecule has 0 amide bonds. The molecule has 0 saturated carbocycles. The van der Waals surface area contributed by atoms with Crippen LogP contribution in [-0.4, -0.2) is 20.0 Å². The third-order valence-corrected chi connectivity index (χ3v) is 4.02. The number of hydrogen-bond donors (Lipinski definition) is 0. The van der Waals surface area contributed by atoms with E-state index in [-0.39, 0.29) is 11.5 Å². The summed E-state index contributed by atoms with van der Waals surface area (Å²) in [4.78, 5) is 11.5. The molecule has 1 aliphatic heterocycles. The van der Waals surface area contributed by atoms with Gasteiger partial charge in [-0.3, -0.25) is 4.79 Å². The highest BCUT2D eigenvalue weighted by Gasteiger charge is 2.27. The molecule has 1 aromatic carbocycles. The molecular weight excluding hydrogens is 224 g/mol. The average Bonchev–Trinajstić information content (AvgIpc) is 2.25. The molecule has 2 rings (SSSR count). The molecule has 4 heteroatoms. The predicted molar refractivity (Wildman–Crippen MR) is 61.6 cm³/mol. The largest absolute Gasteiger partial charge is 0.294 e. The Balaban J connectivity index is 2.18. The SMILES string of the molecule is O=C1C=CS(=O)(=O)CC1Cc1ccccc1. The van der Waals surface area contributed by atoms with Gasteiger partial charge in [0.1, 0.15) is 0 Å². The topological polar surface area (TPSA) is 51.2 Å². The van der Waals surface area contributed by atoms with Gasteiger partial charge in [0.15, 0.2) is 15.6 Å². The summed E-state index contributed by atoms with van der Waals surface area (Å²) in [6.45, 7) is 0. The van der Waals surface area contributed by atoms with Gasteiger partial charge in [-0.1, -0.05) is 30.3 Å². The third kappa shape index (κ3) is 2.58. The number of benzene rings is 1. The number of hydrogen-bond acceptors (Lipinski definition) is 3. The summed E-state index contributed by atoms with van der Waals surface area (Å²) in [6, 6.07) is 9.46. The smallest absolute Gasteiger partial charge is 0.172 e. The van der Waals surface area contributed by atoms with E-state index in [1.807, 2.05) is 30.3 Å². The number of sulfone groups is 1. The molecule has 0 radical (unpaired) electrons. The van der Waals surface area contributed by atoms with Gasteiger partial charge >= 0.3 is 0 Å². The van der Waals surface area contributed by atoms with Crippen LogP contribution in [0.1, 0.15) is 5.56 Å². The molecule has 0 aromatic heterocycles. The van der Waals surface area contributed by atoms with E-state index in [9.17, 15) is 13.2 Å². The summed E-state index contributed by atoms with van der Waals surface area (Å²) in [5, 5.41) is 1.01. The zero-order valence-corrected chi connectivity index (χ0v) is 9.48. The van der Waals surface area contributed by atoms with E-state index in [4.69, 9.17) is 0 Å². The minimum absolute atomic E-state index is 0.0722. The standard InChI is InChI=1S/C12H12O3S/c13-12-6-7-16(14,15)9-11(12)8-10-4-2-1-3-5-10/h1-7,11H,8-9H2. The highest BCUT2D eigenvalue weighted by Crippen LogP contribution is 2.17. The molecule has 0 bridgehead atoms. The van der Waals surface area contributed by atoms with Crippen LogP contribution in [-0.2, 0) is 21.1 Å². The highest BCUT2D eigenvalue weighted by molar-refractivity contribution is 7.94. The van der Waals surface area contributed by atoms with E-state index in [1.165, 1.54) is 6.08 Å². The summed E-state index contributed by atoms with van der Waals surface area (Å²) in [6.07, 6.45) is 1.66. The summed E-state index contributed by atoms with van der Waals surface area (Å²) in [5.74, 6) is -0.604. The lowest BCUT2D eigenvalue weighted by Crippen LogP contribution is -2.27. The fraction of sp³-hybridized carbons (Fsp3) is 0.250. The fourth-order valence-electron chi connectivity index (χ4n) is 1.78. The Morgan fingerprint density at radius 2 is 1.88 bits per heavy atom. The maximum Gasteiger partial charge on any atom is 0.172 e. The molecule has 16 heavy (non-hydrogen) atoms. The Morgan fingerprint density at radius 3 is 2.56 bits per heavy atom. The minimum atomic E-state index is -3.19. The Morgan fingerprint density at radius 1 is 1.19 bits per heavy atom. The van der Waals surface area contributed by atoms with E-state index in [2.05, 4.69) is 0 Å². The van der Waals surface area contributed by atoms with Crippen molar-refractivity contribution in [3.05, 3.63) is 47.4 Å². The van der Waals surface area contributed by atoms with Crippen LogP contribution in [0.3, 0.4) is 0 Å². The second-order valence-corrected chi connectivity index (χ2v) is 5.85. The van der Waals surface area contributed by atoms with Crippen molar-refractivity contribution < 1.29 is 13.2 Å². The third-order valence-electron chi connectivity index (χ3n) is 2.60. The van der Waals surface area contributed by atoms with Crippen LogP contribution >= 0.6 is 0 Å². The summed E-state index contributed by atoms with van der Waals surface area (Å²) in [7, 11) is -3.19. The Bertz CT molecular complexity index is 514. The lowest BCUT2D eigenvalue weighted by atomic mass is 9.97. The quantitative estimate of drug-likeness (QED) is 0.779. The predicted octanol–water partition coefficient (Wildman–Crippen LogP) is 1.36. The van der Waals surface area contributed by atoms with Gasteiger partial charge in [0.2, 0.25) is 0 Å². The van der Waals surface area contributed by atoms with Gasteiger partial charge in [0.25, 0.3) is 0 Å². The van der Waals surface area contributed by atoms with Crippen molar-refractivity contribution in [2.45, 2.75) is 6.42 Å². The zero-order chi connectivity index (χ0) is 11.6. The van der Waals surface area contributed by atoms with Crippen LogP contribution in [0, 0.1) is 5.92 Å². The van der Waals surface area contributed by atoms with Crippen molar-refractivity contribution in [1.29, 1.82) is 0 Å². The van der Waals surface area contributed by atoms with Crippen molar-refractivity contribution in [2.24, 2.45) is 5.92 Å². The van der Waals surface area contributed by atoms with Gasteiger partial charge in [-0.25, -0.2) is 8.42 Å². The average molecular weight is 236 g/mol. The molecule has 3 nitrogen and oxygen atoms in total. The van der Waals surface area contributed by atoms with E-state index in [0.29, 0.717) is 6.42 Å². The molecule has 0 fully saturated rings. The second-order valence-electron chi connectivity index (χ2n) is 3.92. The molecule has 1 unspecified atom stereocenters. The number of ketones is 1. The lowest BCUT2D eigenvalue weighted by Gasteiger charge is -2.16. The van der Waals surface area contributed by atoms with Crippen LogP contribution in [0.25, 0.3) is 0 Å². The lowest BCUT2D eigenvalue weighted by molar-refractivity contribution is -0.117. The second kappa shape index (κ2) is 4.22. The van der Waals surface area contributed by atoms with Gasteiger partial charge < -0.3 is 0 Å². The Labute approximate surface area is 94.7 Å². The first-order chi connectivity index (χ1) is 7.57. The first kappa shape index (κ1) is 11.1. The molecular formula is C12H12O3S. The van der Waals surface area contributed by atoms with Crippen LogP contribution in [0.4, 0.5) is 0 Å². The molecule has 0 aliphatic carbocycles. The molecule has 0 N–H and O–H groups in total. The van der Waals surface area contributed by atoms with Crippen LogP contribution in [0.5, 0.6) is 0 Å². The minimum Gasteiger partial charge on any atom is -0.294 e. The first-order valence-corrected chi connectivity index (χ1v) is 6.77. The van der Waals surface area contributed by atoms with Gasteiger partial charge in [-0.05, 0) is 18.1 Å². The van der Waals surface area contributed by atoms with Gasteiger partial charge in [0, 0.05) is 11.3 Å². The van der Waals surface area contributed by atoms with Gasteiger partial charge in [-0.2, -0.15) is 0 Å². The number of allylic oxidation sites excluding steroid dienone is 1. The van der Waals surface area contributed by atoms with Crippen molar-refractivity contribution in [3.63, 3.8) is 0 Å². The van der Waals surface area contributed by atoms with Crippen LogP contribution in [0.15, 0.2) is 41.8 Å². The Hall–Kier alpha value is -1.42. The molecule has 1 heterocycles. The molecule has 1 aliphatic rings. The molecule has 1 aromatic rings. The zero-order valence-electron chi connectivity index (χ0n) is 8.67. The van der Waals surface area contributed by atoms with Crippen molar-refractivity contribution in [3.8, 4) is 0 Å². The van der Waals surface area contributed by atoms with Gasteiger partial charge in [-0.15, -0.1) is 0 Å². The summed E-state index contributed by atoms with van der Waals surface area (Å²) < 4.78 is 22.7. The molecule has 0 saturated heterocycles. The molecule has 84 valence electrons. The van der Waals surface area contributed by atoms with E-state index < -0.39 is 15.8 Å². The molecule has 1 atom stereocenters. The van der Waals surface area contributed by atoms with Crippen molar-refractivity contribution in [2.75, 3.05) is 5.75 Å².